The van der Waals surface area contributed by atoms with Gasteiger partial charge in [-0.15, -0.1) is 0 Å². The van der Waals surface area contributed by atoms with Crippen molar-refractivity contribution in [1.29, 1.82) is 5.26 Å². The second-order valence-corrected chi connectivity index (χ2v) is 4.38. The second-order valence-electron chi connectivity index (χ2n) is 3.21. The van der Waals surface area contributed by atoms with Crippen molar-refractivity contribution in [3.63, 3.8) is 0 Å². The summed E-state index contributed by atoms with van der Waals surface area (Å²) in [6.45, 7) is 2.02. The van der Waals surface area contributed by atoms with Gasteiger partial charge in [0.2, 0.25) is 0 Å². The van der Waals surface area contributed by atoms with Crippen molar-refractivity contribution >= 4 is 39.7 Å². The number of rotatable bonds is 1. The van der Waals surface area contributed by atoms with Crippen molar-refractivity contribution in [2.24, 2.45) is 0 Å². The molecule has 2 heterocycles. The molecule has 0 unspecified atom stereocenters. The minimum Gasteiger partial charge on any atom is -0.449 e. The average molecular weight is 341 g/mol. The van der Waals surface area contributed by atoms with Crippen LogP contribution < -0.4 is 0 Å². The summed E-state index contributed by atoms with van der Waals surface area (Å²) in [4.78, 5) is 15.9. The fourth-order valence-electron chi connectivity index (χ4n) is 1.54. The third kappa shape index (κ3) is 1.98. The van der Waals surface area contributed by atoms with Crippen LogP contribution in [0.4, 0.5) is 4.79 Å². The van der Waals surface area contributed by atoms with Crippen molar-refractivity contribution in [3.8, 4) is 6.07 Å². The van der Waals surface area contributed by atoms with Gasteiger partial charge >= 0.3 is 6.09 Å². The molecule has 0 aromatic carbocycles. The van der Waals surface area contributed by atoms with Gasteiger partial charge in [0, 0.05) is 12.4 Å². The van der Waals surface area contributed by atoms with Crippen LogP contribution in [0.5, 0.6) is 0 Å². The molecule has 2 aromatic heterocycles. The van der Waals surface area contributed by atoms with Crippen LogP contribution in [0.25, 0.3) is 11.0 Å². The molecule has 2 rings (SSSR count). The van der Waals surface area contributed by atoms with E-state index in [1.165, 1.54) is 4.57 Å². The molecule has 6 heteroatoms. The zero-order chi connectivity index (χ0) is 12.4. The number of nitriles is 1. The lowest BCUT2D eigenvalue weighted by Gasteiger charge is -2.04. The quantitative estimate of drug-likeness (QED) is 0.748. The highest BCUT2D eigenvalue weighted by molar-refractivity contribution is 14.1. The fourth-order valence-corrected chi connectivity index (χ4v) is 2.21. The highest BCUT2D eigenvalue weighted by Gasteiger charge is 2.16. The highest BCUT2D eigenvalue weighted by Crippen LogP contribution is 2.23. The predicted molar refractivity (Wildman–Crippen MR) is 69.6 cm³/mol. The molecule has 0 spiro atoms. The number of carbonyl (C=O) groups is 1. The molecule has 0 bridgehead atoms. The Balaban J connectivity index is 2.73. The lowest BCUT2D eigenvalue weighted by atomic mass is 10.2. The Hall–Kier alpha value is -1.62. The van der Waals surface area contributed by atoms with Gasteiger partial charge in [-0.05, 0) is 35.6 Å². The molecular formula is C11H8IN3O2. The van der Waals surface area contributed by atoms with E-state index < -0.39 is 6.09 Å². The standard InChI is InChI=1S/C11H8IN3O2/c1-2-17-11(16)15-6-8(12)9-10(15)7(5-13)3-4-14-9/h3-4,6H,2H2,1H3. The molecule has 0 atom stereocenters. The molecule has 0 N–H and O–H groups in total. The Morgan fingerprint density at radius 3 is 3.12 bits per heavy atom. The molecule has 0 saturated heterocycles. The number of hydrogen-bond donors (Lipinski definition) is 0. The molecule has 5 nitrogen and oxygen atoms in total. The van der Waals surface area contributed by atoms with E-state index in [1.807, 2.05) is 6.07 Å². The number of nitrogens with zero attached hydrogens (tertiary/aromatic N) is 3. The summed E-state index contributed by atoms with van der Waals surface area (Å²) in [6.07, 6.45) is 2.68. The smallest absolute Gasteiger partial charge is 0.418 e. The molecule has 0 saturated carbocycles. The summed E-state index contributed by atoms with van der Waals surface area (Å²) in [5.74, 6) is 0. The first-order valence-corrected chi connectivity index (χ1v) is 5.99. The summed E-state index contributed by atoms with van der Waals surface area (Å²) in [7, 11) is 0. The Kier molecular flexibility index (Phi) is 3.28. The molecule has 0 amide bonds. The molecule has 0 radical (unpaired) electrons. The number of carbonyl (C=O) groups excluding carboxylic acids is 1. The number of hydrogen-bond acceptors (Lipinski definition) is 4. The maximum atomic E-state index is 11.7. The molecule has 2 aromatic rings. The molecule has 0 fully saturated rings. The molecular weight excluding hydrogens is 333 g/mol. The molecule has 0 aliphatic carbocycles. The van der Waals surface area contributed by atoms with Crippen LogP contribution in [-0.2, 0) is 4.74 Å². The van der Waals surface area contributed by atoms with Crippen LogP contribution >= 0.6 is 22.6 Å². The van der Waals surface area contributed by atoms with E-state index in [-0.39, 0.29) is 6.61 Å². The lowest BCUT2D eigenvalue weighted by Crippen LogP contribution is -2.12. The van der Waals surface area contributed by atoms with Gasteiger partial charge < -0.3 is 4.74 Å². The van der Waals surface area contributed by atoms with Gasteiger partial charge in [-0.25, -0.2) is 9.36 Å². The van der Waals surface area contributed by atoms with Crippen LogP contribution in [-0.4, -0.2) is 22.3 Å². The maximum Gasteiger partial charge on any atom is 0.418 e. The topological polar surface area (TPSA) is 67.9 Å². The van der Waals surface area contributed by atoms with E-state index in [0.29, 0.717) is 16.6 Å². The van der Waals surface area contributed by atoms with Crippen LogP contribution in [0.3, 0.4) is 0 Å². The Labute approximate surface area is 111 Å². The minimum absolute atomic E-state index is 0.289. The molecule has 17 heavy (non-hydrogen) atoms. The number of halogens is 1. The average Bonchev–Trinajstić information content (AvgIpc) is 2.67. The van der Waals surface area contributed by atoms with Crippen molar-refractivity contribution in [2.75, 3.05) is 6.61 Å². The van der Waals surface area contributed by atoms with Gasteiger partial charge in [0.25, 0.3) is 0 Å². The van der Waals surface area contributed by atoms with Gasteiger partial charge in [0.15, 0.2) is 0 Å². The number of ether oxygens (including phenoxy) is 1. The van der Waals surface area contributed by atoms with E-state index in [1.54, 1.807) is 25.4 Å². The predicted octanol–water partition coefficient (Wildman–Crippen LogP) is 2.52. The monoisotopic (exact) mass is 341 g/mol. The third-order valence-electron chi connectivity index (χ3n) is 2.22. The summed E-state index contributed by atoms with van der Waals surface area (Å²) < 4.78 is 7.07. The Morgan fingerprint density at radius 1 is 1.71 bits per heavy atom. The highest BCUT2D eigenvalue weighted by atomic mass is 127. The summed E-state index contributed by atoms with van der Waals surface area (Å²) in [6, 6.07) is 3.63. The second kappa shape index (κ2) is 4.71. The summed E-state index contributed by atoms with van der Waals surface area (Å²) in [5, 5.41) is 9.04. The summed E-state index contributed by atoms with van der Waals surface area (Å²) >= 11 is 2.07. The van der Waals surface area contributed by atoms with Crippen molar-refractivity contribution < 1.29 is 9.53 Å². The van der Waals surface area contributed by atoms with Gasteiger partial charge in [-0.3, -0.25) is 4.98 Å². The molecule has 86 valence electrons. The first-order valence-electron chi connectivity index (χ1n) is 4.91. The van der Waals surface area contributed by atoms with Crippen LogP contribution in [0.2, 0.25) is 0 Å². The van der Waals surface area contributed by atoms with E-state index in [9.17, 15) is 4.79 Å². The van der Waals surface area contributed by atoms with Crippen LogP contribution in [0.15, 0.2) is 18.5 Å². The molecule has 0 aliphatic heterocycles. The van der Waals surface area contributed by atoms with Crippen LogP contribution in [0.1, 0.15) is 12.5 Å². The Bertz CT molecular complexity index is 627. The first kappa shape index (κ1) is 11.9. The van der Waals surface area contributed by atoms with Crippen molar-refractivity contribution in [2.45, 2.75) is 6.92 Å². The maximum absolute atomic E-state index is 11.7. The van der Waals surface area contributed by atoms with E-state index >= 15 is 0 Å². The van der Waals surface area contributed by atoms with E-state index in [0.717, 1.165) is 3.57 Å². The third-order valence-corrected chi connectivity index (χ3v) is 3.01. The number of aromatic nitrogens is 2. The normalized spacial score (nSPS) is 10.2. The number of pyridine rings is 1. The zero-order valence-corrected chi connectivity index (χ0v) is 11.1. The zero-order valence-electron chi connectivity index (χ0n) is 8.98. The Morgan fingerprint density at radius 2 is 2.47 bits per heavy atom. The lowest BCUT2D eigenvalue weighted by molar-refractivity contribution is 0.155. The van der Waals surface area contributed by atoms with Gasteiger partial charge in [-0.1, -0.05) is 0 Å². The van der Waals surface area contributed by atoms with E-state index in [4.69, 9.17) is 10.00 Å². The SMILES string of the molecule is CCOC(=O)n1cc(I)c2nccc(C#N)c21. The minimum atomic E-state index is -0.495. The molecule has 0 aliphatic rings. The van der Waals surface area contributed by atoms with Crippen molar-refractivity contribution in [1.82, 2.24) is 9.55 Å². The summed E-state index contributed by atoms with van der Waals surface area (Å²) in [5.41, 5.74) is 1.54. The largest absolute Gasteiger partial charge is 0.449 e. The van der Waals surface area contributed by atoms with Crippen molar-refractivity contribution in [3.05, 3.63) is 27.6 Å². The fraction of sp³-hybridized carbons (Fsp3) is 0.182. The van der Waals surface area contributed by atoms with E-state index in [2.05, 4.69) is 27.6 Å². The van der Waals surface area contributed by atoms with Crippen LogP contribution in [0, 0.1) is 14.9 Å². The van der Waals surface area contributed by atoms with Gasteiger partial charge in [0.05, 0.1) is 21.3 Å². The number of fused-ring (bicyclic) bond motifs is 1. The first-order chi connectivity index (χ1) is 8.19. The van der Waals surface area contributed by atoms with Gasteiger partial charge in [-0.2, -0.15) is 5.26 Å². The van der Waals surface area contributed by atoms with Gasteiger partial charge in [0.1, 0.15) is 11.6 Å².